The average molecular weight is 257 g/mol. The molecule has 3 rings (SSSR count). The number of aromatic amines is 1. The van der Waals surface area contributed by atoms with E-state index in [1.807, 2.05) is 36.4 Å². The number of hydrogen-bond acceptors (Lipinski definition) is 3. The molecule has 0 spiro atoms. The van der Waals surface area contributed by atoms with Crippen molar-refractivity contribution in [3.8, 4) is 11.4 Å². The summed E-state index contributed by atoms with van der Waals surface area (Å²) in [5, 5.41) is 0. The lowest BCUT2D eigenvalue weighted by atomic mass is 10.2. The van der Waals surface area contributed by atoms with Gasteiger partial charge in [-0.1, -0.05) is 0 Å². The lowest BCUT2D eigenvalue weighted by Crippen LogP contribution is -1.96. The minimum absolute atomic E-state index is 0.704. The van der Waals surface area contributed by atoms with Crippen LogP contribution in [0.15, 0.2) is 47.5 Å². The third-order valence-electron chi connectivity index (χ3n) is 2.72. The first-order chi connectivity index (χ1) is 8.74. The summed E-state index contributed by atoms with van der Waals surface area (Å²) in [7, 11) is 0. The lowest BCUT2D eigenvalue weighted by molar-refractivity contribution is 0.601. The van der Waals surface area contributed by atoms with Gasteiger partial charge in [0.1, 0.15) is 12.1 Å². The van der Waals surface area contributed by atoms with E-state index < -0.39 is 11.2 Å². The van der Waals surface area contributed by atoms with Crippen molar-refractivity contribution in [1.82, 2.24) is 15.0 Å². The number of H-pyrrole nitrogens is 1. The smallest absolute Gasteiger partial charge is 0.178 e. The largest absolute Gasteiger partial charge is 0.612 e. The number of benzene rings is 1. The van der Waals surface area contributed by atoms with Gasteiger partial charge >= 0.3 is 0 Å². The standard InChI is InChI=1S/C13H11N3OS/c1-18(17)10-6-4-9(5-7-10)12-15-11-3-2-8-14-13(11)16-12/h2-8H,1H3,(H,14,15,16). The molecule has 1 N–H and O–H groups in total. The summed E-state index contributed by atoms with van der Waals surface area (Å²) in [5.74, 6) is 0.775. The third-order valence-corrected chi connectivity index (χ3v) is 3.65. The fraction of sp³-hybridized carbons (Fsp3) is 0.0769. The molecular weight excluding hydrogens is 246 g/mol. The molecule has 0 aliphatic rings. The minimum Gasteiger partial charge on any atom is -0.612 e. The van der Waals surface area contributed by atoms with Crippen LogP contribution in [0.1, 0.15) is 0 Å². The Morgan fingerprint density at radius 3 is 2.61 bits per heavy atom. The molecule has 5 heteroatoms. The van der Waals surface area contributed by atoms with Crippen LogP contribution >= 0.6 is 0 Å². The van der Waals surface area contributed by atoms with E-state index in [2.05, 4.69) is 15.0 Å². The molecular formula is C13H11N3OS. The molecule has 4 nitrogen and oxygen atoms in total. The number of aromatic nitrogens is 3. The second-order valence-electron chi connectivity index (χ2n) is 3.94. The highest BCUT2D eigenvalue weighted by molar-refractivity contribution is 7.90. The molecule has 18 heavy (non-hydrogen) atoms. The predicted molar refractivity (Wildman–Crippen MR) is 71.7 cm³/mol. The number of pyridine rings is 1. The molecule has 2 heterocycles. The van der Waals surface area contributed by atoms with Crippen LogP contribution in [0.5, 0.6) is 0 Å². The normalized spacial score (nSPS) is 12.8. The van der Waals surface area contributed by atoms with Crippen molar-refractivity contribution in [2.45, 2.75) is 4.90 Å². The van der Waals surface area contributed by atoms with Gasteiger partial charge in [-0.2, -0.15) is 0 Å². The van der Waals surface area contributed by atoms with Gasteiger partial charge in [0.05, 0.1) is 5.52 Å². The Balaban J connectivity index is 2.03. The molecule has 0 amide bonds. The van der Waals surface area contributed by atoms with Gasteiger partial charge in [0, 0.05) is 11.8 Å². The van der Waals surface area contributed by atoms with Crippen LogP contribution in [-0.2, 0) is 11.2 Å². The summed E-state index contributed by atoms with van der Waals surface area (Å²) >= 11 is -0.951. The molecule has 1 aromatic carbocycles. The number of imidazole rings is 1. The van der Waals surface area contributed by atoms with Gasteiger partial charge < -0.3 is 9.54 Å². The molecule has 0 saturated heterocycles. The van der Waals surface area contributed by atoms with E-state index in [0.29, 0.717) is 5.65 Å². The highest BCUT2D eigenvalue weighted by Gasteiger charge is 2.08. The van der Waals surface area contributed by atoms with E-state index in [0.717, 1.165) is 21.8 Å². The number of fused-ring (bicyclic) bond motifs is 1. The Hall–Kier alpha value is -1.85. The predicted octanol–water partition coefficient (Wildman–Crippen LogP) is 2.36. The molecule has 0 bridgehead atoms. The van der Waals surface area contributed by atoms with Gasteiger partial charge in [0.15, 0.2) is 10.5 Å². The van der Waals surface area contributed by atoms with Gasteiger partial charge in [-0.25, -0.2) is 9.97 Å². The highest BCUT2D eigenvalue weighted by atomic mass is 32.2. The SMILES string of the molecule is C[S+]([O-])c1ccc(-c2nc3ncccc3[nH]2)cc1. The van der Waals surface area contributed by atoms with E-state index in [1.165, 1.54) is 0 Å². The van der Waals surface area contributed by atoms with Gasteiger partial charge in [-0.05, 0) is 47.6 Å². The molecule has 1 atom stereocenters. The zero-order valence-electron chi connectivity index (χ0n) is 9.75. The highest BCUT2D eigenvalue weighted by Crippen LogP contribution is 2.20. The van der Waals surface area contributed by atoms with Gasteiger partial charge in [0.2, 0.25) is 0 Å². The van der Waals surface area contributed by atoms with E-state index in [4.69, 9.17) is 0 Å². The maximum absolute atomic E-state index is 11.3. The van der Waals surface area contributed by atoms with E-state index in [-0.39, 0.29) is 0 Å². The van der Waals surface area contributed by atoms with Crippen molar-refractivity contribution < 1.29 is 4.55 Å². The van der Waals surface area contributed by atoms with E-state index >= 15 is 0 Å². The summed E-state index contributed by atoms with van der Waals surface area (Å²) < 4.78 is 11.3. The fourth-order valence-electron chi connectivity index (χ4n) is 1.79. The monoisotopic (exact) mass is 257 g/mol. The quantitative estimate of drug-likeness (QED) is 0.717. The second kappa shape index (κ2) is 4.44. The number of nitrogens with one attached hydrogen (secondary N) is 1. The maximum atomic E-state index is 11.3. The van der Waals surface area contributed by atoms with Crippen molar-refractivity contribution in [2.75, 3.05) is 6.26 Å². The van der Waals surface area contributed by atoms with Crippen molar-refractivity contribution >= 4 is 22.3 Å². The van der Waals surface area contributed by atoms with Crippen LogP contribution < -0.4 is 0 Å². The first-order valence-electron chi connectivity index (χ1n) is 5.48. The first kappa shape index (κ1) is 11.3. The van der Waals surface area contributed by atoms with Crippen LogP contribution in [0, 0.1) is 0 Å². The zero-order chi connectivity index (χ0) is 12.5. The third kappa shape index (κ3) is 1.98. The Kier molecular flexibility index (Phi) is 2.77. The van der Waals surface area contributed by atoms with Crippen LogP contribution in [-0.4, -0.2) is 25.8 Å². The lowest BCUT2D eigenvalue weighted by Gasteiger charge is -2.03. The molecule has 90 valence electrons. The zero-order valence-corrected chi connectivity index (χ0v) is 10.6. The minimum atomic E-state index is -0.951. The van der Waals surface area contributed by atoms with Gasteiger partial charge in [-0.15, -0.1) is 0 Å². The second-order valence-corrected chi connectivity index (χ2v) is 5.32. The average Bonchev–Trinajstić information content (AvgIpc) is 2.82. The number of hydrogen-bond donors (Lipinski definition) is 1. The Labute approximate surface area is 107 Å². The van der Waals surface area contributed by atoms with E-state index in [1.54, 1.807) is 12.5 Å². The van der Waals surface area contributed by atoms with Crippen LogP contribution in [0.25, 0.3) is 22.6 Å². The molecule has 0 aliphatic heterocycles. The number of nitrogens with zero attached hydrogens (tertiary/aromatic N) is 2. The van der Waals surface area contributed by atoms with Gasteiger partial charge in [-0.3, -0.25) is 0 Å². The molecule has 0 aliphatic carbocycles. The molecule has 1 unspecified atom stereocenters. The molecule has 0 saturated carbocycles. The summed E-state index contributed by atoms with van der Waals surface area (Å²) in [6, 6.07) is 11.3. The summed E-state index contributed by atoms with van der Waals surface area (Å²) in [6.07, 6.45) is 3.39. The van der Waals surface area contributed by atoms with Crippen LogP contribution in [0.3, 0.4) is 0 Å². The van der Waals surface area contributed by atoms with Crippen LogP contribution in [0.4, 0.5) is 0 Å². The van der Waals surface area contributed by atoms with Crippen LogP contribution in [0.2, 0.25) is 0 Å². The van der Waals surface area contributed by atoms with Crippen molar-refractivity contribution in [3.63, 3.8) is 0 Å². The summed E-state index contributed by atoms with van der Waals surface area (Å²) in [4.78, 5) is 12.6. The molecule has 0 radical (unpaired) electrons. The van der Waals surface area contributed by atoms with Crippen molar-refractivity contribution in [3.05, 3.63) is 42.6 Å². The van der Waals surface area contributed by atoms with Crippen molar-refractivity contribution in [1.29, 1.82) is 0 Å². The fourth-order valence-corrected chi connectivity index (χ4v) is 2.31. The molecule has 2 aromatic heterocycles. The molecule has 0 fully saturated rings. The Morgan fingerprint density at radius 2 is 1.94 bits per heavy atom. The first-order valence-corrected chi connectivity index (χ1v) is 7.04. The summed E-state index contributed by atoms with van der Waals surface area (Å²) in [5.41, 5.74) is 2.58. The molecule has 3 aromatic rings. The number of rotatable bonds is 2. The Morgan fingerprint density at radius 1 is 1.17 bits per heavy atom. The maximum Gasteiger partial charge on any atom is 0.178 e. The topological polar surface area (TPSA) is 64.6 Å². The van der Waals surface area contributed by atoms with Gasteiger partial charge in [0.25, 0.3) is 0 Å². The van der Waals surface area contributed by atoms with Crippen molar-refractivity contribution in [2.24, 2.45) is 0 Å². The Bertz CT molecular complexity index is 643. The summed E-state index contributed by atoms with van der Waals surface area (Å²) in [6.45, 7) is 0. The van der Waals surface area contributed by atoms with E-state index in [9.17, 15) is 4.55 Å².